The number of hydrogen-bond donors (Lipinski definition) is 1. The second kappa shape index (κ2) is 8.09. The van der Waals surface area contributed by atoms with Gasteiger partial charge in [0.05, 0.1) is 18.9 Å². The Labute approximate surface area is 141 Å². The molecule has 0 aliphatic heterocycles. The molecule has 0 fully saturated rings. The molecule has 1 amide bonds. The van der Waals surface area contributed by atoms with E-state index in [1.807, 2.05) is 6.07 Å². The third-order valence-corrected chi connectivity index (χ3v) is 3.22. The Morgan fingerprint density at radius 2 is 1.91 bits per heavy atom. The lowest BCUT2D eigenvalue weighted by atomic mass is 10.2. The molecular formula is C16H13BrN2O4. The van der Waals surface area contributed by atoms with Gasteiger partial charge in [-0.3, -0.25) is 0 Å². The number of nitrogens with one attached hydrogen (secondary N) is 1. The minimum Gasteiger partial charge on any atom is -0.452 e. The highest BCUT2D eigenvalue weighted by molar-refractivity contribution is 9.10. The second-order valence-electron chi connectivity index (χ2n) is 4.30. The van der Waals surface area contributed by atoms with Gasteiger partial charge in [-0.05, 0) is 30.3 Å². The zero-order chi connectivity index (χ0) is 16.7. The fourth-order valence-corrected chi connectivity index (χ4v) is 2.03. The van der Waals surface area contributed by atoms with Crippen LogP contribution in [0, 0.1) is 0 Å². The van der Waals surface area contributed by atoms with Crippen molar-refractivity contribution in [2.75, 3.05) is 7.11 Å². The van der Waals surface area contributed by atoms with Crippen molar-refractivity contribution in [2.24, 2.45) is 5.10 Å². The number of hydrazone groups is 1. The Morgan fingerprint density at radius 3 is 2.61 bits per heavy atom. The fourth-order valence-electron chi connectivity index (χ4n) is 1.65. The molecule has 0 saturated carbocycles. The molecule has 6 nitrogen and oxygen atoms in total. The van der Waals surface area contributed by atoms with E-state index >= 15 is 0 Å². The van der Waals surface area contributed by atoms with Gasteiger partial charge in [-0.25, -0.2) is 15.0 Å². The Hall–Kier alpha value is -2.67. The number of halogens is 1. The monoisotopic (exact) mass is 376 g/mol. The van der Waals surface area contributed by atoms with Crippen LogP contribution < -0.4 is 10.2 Å². The van der Waals surface area contributed by atoms with E-state index in [2.05, 4.69) is 31.2 Å². The number of carbonyl (C=O) groups excluding carboxylic acids is 2. The smallest absolute Gasteiger partial charge is 0.427 e. The molecule has 0 radical (unpaired) electrons. The average Bonchev–Trinajstić information content (AvgIpc) is 2.57. The van der Waals surface area contributed by atoms with Gasteiger partial charge in [-0.2, -0.15) is 5.10 Å². The summed E-state index contributed by atoms with van der Waals surface area (Å²) >= 11 is 3.33. The first-order chi connectivity index (χ1) is 11.1. The van der Waals surface area contributed by atoms with Gasteiger partial charge in [0.25, 0.3) is 0 Å². The molecule has 7 heteroatoms. The number of nitrogens with zero attached hydrogens (tertiary/aromatic N) is 1. The number of carbonyl (C=O) groups is 2. The van der Waals surface area contributed by atoms with Crippen LogP contribution >= 0.6 is 15.9 Å². The fraction of sp³-hybridized carbons (Fsp3) is 0.0625. The lowest BCUT2D eigenvalue weighted by Gasteiger charge is -2.08. The number of benzene rings is 2. The molecule has 0 bridgehead atoms. The Kier molecular flexibility index (Phi) is 5.87. The molecule has 0 spiro atoms. The molecule has 0 aliphatic rings. The average molecular weight is 377 g/mol. The minimum atomic E-state index is -0.695. The van der Waals surface area contributed by atoms with Gasteiger partial charge >= 0.3 is 12.1 Å². The third kappa shape index (κ3) is 4.93. The maximum atomic E-state index is 12.1. The molecule has 0 aromatic heterocycles. The molecule has 0 saturated heterocycles. The van der Waals surface area contributed by atoms with Crippen molar-refractivity contribution in [3.05, 3.63) is 64.1 Å². The van der Waals surface area contributed by atoms with Gasteiger partial charge in [0, 0.05) is 10.0 Å². The molecular weight excluding hydrogens is 364 g/mol. The van der Waals surface area contributed by atoms with Crippen molar-refractivity contribution < 1.29 is 19.1 Å². The summed E-state index contributed by atoms with van der Waals surface area (Å²) in [5, 5.41) is 3.73. The van der Waals surface area contributed by atoms with Crippen LogP contribution in [-0.2, 0) is 4.74 Å². The van der Waals surface area contributed by atoms with Crippen molar-refractivity contribution in [2.45, 2.75) is 0 Å². The van der Waals surface area contributed by atoms with E-state index in [1.54, 1.807) is 42.5 Å². The van der Waals surface area contributed by atoms with Gasteiger partial charge in [-0.1, -0.05) is 34.1 Å². The minimum absolute atomic E-state index is 0.317. The molecule has 23 heavy (non-hydrogen) atoms. The van der Waals surface area contributed by atoms with E-state index in [4.69, 9.17) is 4.74 Å². The molecule has 2 aromatic rings. The predicted octanol–water partition coefficient (Wildman–Crippen LogP) is 3.36. The zero-order valence-corrected chi connectivity index (χ0v) is 13.7. The molecule has 2 rings (SSSR count). The third-order valence-electron chi connectivity index (χ3n) is 2.73. The van der Waals surface area contributed by atoms with E-state index in [1.165, 1.54) is 13.3 Å². The maximum absolute atomic E-state index is 12.1. The Balaban J connectivity index is 2.18. The second-order valence-corrected chi connectivity index (χ2v) is 5.21. The number of amides is 1. The van der Waals surface area contributed by atoms with Crippen LogP contribution in [0.3, 0.4) is 0 Å². The Bertz CT molecular complexity index is 732. The normalized spacial score (nSPS) is 10.3. The first-order valence-electron chi connectivity index (χ1n) is 6.54. The van der Waals surface area contributed by atoms with Crippen LogP contribution in [0.2, 0.25) is 0 Å². The van der Waals surface area contributed by atoms with Crippen molar-refractivity contribution in [1.29, 1.82) is 0 Å². The van der Waals surface area contributed by atoms with E-state index in [0.29, 0.717) is 16.9 Å². The van der Waals surface area contributed by atoms with Crippen LogP contribution in [0.15, 0.2) is 58.1 Å². The largest absolute Gasteiger partial charge is 0.452 e. The highest BCUT2D eigenvalue weighted by atomic mass is 79.9. The quantitative estimate of drug-likeness (QED) is 0.384. The summed E-state index contributed by atoms with van der Waals surface area (Å²) in [6, 6.07) is 13.7. The highest BCUT2D eigenvalue weighted by Crippen LogP contribution is 2.22. The molecule has 2 aromatic carbocycles. The highest BCUT2D eigenvalue weighted by Gasteiger charge is 2.11. The van der Waals surface area contributed by atoms with Crippen LogP contribution in [0.5, 0.6) is 5.75 Å². The van der Waals surface area contributed by atoms with Crippen LogP contribution in [-0.4, -0.2) is 25.4 Å². The van der Waals surface area contributed by atoms with Crippen LogP contribution in [0.4, 0.5) is 4.79 Å². The lowest BCUT2D eigenvalue weighted by molar-refractivity contribution is 0.0734. The Morgan fingerprint density at radius 1 is 1.17 bits per heavy atom. The summed E-state index contributed by atoms with van der Waals surface area (Å²) in [5.41, 5.74) is 3.12. The first kappa shape index (κ1) is 16.7. The van der Waals surface area contributed by atoms with Crippen LogP contribution in [0.25, 0.3) is 0 Å². The predicted molar refractivity (Wildman–Crippen MR) is 88.7 cm³/mol. The zero-order valence-electron chi connectivity index (χ0n) is 12.2. The SMILES string of the molecule is COC(=O)NN=Cc1cc(Br)ccc1OC(=O)c1ccccc1. The van der Waals surface area contributed by atoms with Gasteiger partial charge < -0.3 is 9.47 Å². The van der Waals surface area contributed by atoms with E-state index < -0.39 is 12.1 Å². The standard InChI is InChI=1S/C16H13BrN2O4/c1-22-16(21)19-18-10-12-9-13(17)7-8-14(12)23-15(20)11-5-3-2-4-6-11/h2-10H,1H3,(H,19,21). The summed E-state index contributed by atoms with van der Waals surface area (Å²) < 4.78 is 10.6. The van der Waals surface area contributed by atoms with Gasteiger partial charge in [-0.15, -0.1) is 0 Å². The summed E-state index contributed by atoms with van der Waals surface area (Å²) in [6.07, 6.45) is 0.661. The number of hydrogen-bond acceptors (Lipinski definition) is 5. The van der Waals surface area contributed by atoms with Crippen LogP contribution in [0.1, 0.15) is 15.9 Å². The van der Waals surface area contributed by atoms with Gasteiger partial charge in [0.1, 0.15) is 5.75 Å². The van der Waals surface area contributed by atoms with Gasteiger partial charge in [0.15, 0.2) is 0 Å². The molecule has 0 heterocycles. The van der Waals surface area contributed by atoms with Gasteiger partial charge in [0.2, 0.25) is 0 Å². The number of esters is 1. The van der Waals surface area contributed by atoms with E-state index in [0.717, 1.165) is 4.47 Å². The molecule has 118 valence electrons. The summed E-state index contributed by atoms with van der Waals surface area (Å²) in [4.78, 5) is 23.1. The van der Waals surface area contributed by atoms with Crippen molar-refractivity contribution in [1.82, 2.24) is 5.43 Å². The number of ether oxygens (including phenoxy) is 2. The lowest BCUT2D eigenvalue weighted by Crippen LogP contribution is -2.17. The molecule has 1 N–H and O–H groups in total. The van der Waals surface area contributed by atoms with E-state index in [-0.39, 0.29) is 0 Å². The van der Waals surface area contributed by atoms with E-state index in [9.17, 15) is 9.59 Å². The number of rotatable bonds is 4. The van der Waals surface area contributed by atoms with Crippen molar-refractivity contribution in [3.63, 3.8) is 0 Å². The van der Waals surface area contributed by atoms with Crippen molar-refractivity contribution >= 4 is 34.2 Å². The number of methoxy groups -OCH3 is 1. The first-order valence-corrected chi connectivity index (χ1v) is 7.33. The molecule has 0 aliphatic carbocycles. The summed E-state index contributed by atoms with van der Waals surface area (Å²) in [7, 11) is 1.23. The molecule has 0 unspecified atom stereocenters. The maximum Gasteiger partial charge on any atom is 0.427 e. The topological polar surface area (TPSA) is 77.0 Å². The molecule has 0 atom stereocenters. The summed E-state index contributed by atoms with van der Waals surface area (Å²) in [5.74, 6) is -0.166. The van der Waals surface area contributed by atoms with Crippen molar-refractivity contribution in [3.8, 4) is 5.75 Å². The summed E-state index contributed by atoms with van der Waals surface area (Å²) in [6.45, 7) is 0.